The van der Waals surface area contributed by atoms with Gasteiger partial charge in [0, 0.05) is 25.4 Å². The van der Waals surface area contributed by atoms with Gasteiger partial charge in [-0.3, -0.25) is 0 Å². The molecule has 0 saturated heterocycles. The molecule has 0 unspecified atom stereocenters. The van der Waals surface area contributed by atoms with E-state index in [0.717, 1.165) is 12.1 Å². The molecule has 0 bridgehead atoms. The third-order valence-corrected chi connectivity index (χ3v) is 3.76. The van der Waals surface area contributed by atoms with Crippen molar-refractivity contribution >= 4 is 5.96 Å². The van der Waals surface area contributed by atoms with Crippen LogP contribution in [-0.2, 0) is 19.1 Å². The second-order valence-electron chi connectivity index (χ2n) is 6.37. The molecule has 2 rings (SSSR count). The van der Waals surface area contributed by atoms with Crippen LogP contribution >= 0.6 is 0 Å². The van der Waals surface area contributed by atoms with E-state index in [-0.39, 0.29) is 18.0 Å². The zero-order chi connectivity index (χ0) is 20.7. The van der Waals surface area contributed by atoms with Crippen LogP contribution < -0.4 is 10.6 Å². The molecule has 6 nitrogen and oxygen atoms in total. The predicted molar refractivity (Wildman–Crippen MR) is 96.3 cm³/mol. The molecule has 1 aromatic heterocycles. The van der Waals surface area contributed by atoms with Gasteiger partial charge in [-0.25, -0.2) is 9.38 Å². The first-order valence-electron chi connectivity index (χ1n) is 8.91. The van der Waals surface area contributed by atoms with Crippen molar-refractivity contribution in [3.63, 3.8) is 0 Å². The van der Waals surface area contributed by atoms with E-state index in [1.165, 1.54) is 0 Å². The van der Waals surface area contributed by atoms with Crippen molar-refractivity contribution in [1.29, 1.82) is 0 Å². The zero-order valence-corrected chi connectivity index (χ0v) is 15.9. The highest BCUT2D eigenvalue weighted by atomic mass is 19.4. The third kappa shape index (κ3) is 6.21. The van der Waals surface area contributed by atoms with E-state index in [0.29, 0.717) is 43.3 Å². The van der Waals surface area contributed by atoms with Gasteiger partial charge in [-0.15, -0.1) is 0 Å². The molecule has 1 aromatic carbocycles. The maximum atomic E-state index is 13.2. The molecule has 28 heavy (non-hydrogen) atoms. The molecule has 0 fully saturated rings. The Hall–Kier alpha value is -2.65. The summed E-state index contributed by atoms with van der Waals surface area (Å²) in [6, 6.07) is 2.56. The third-order valence-electron chi connectivity index (χ3n) is 3.76. The quantitative estimate of drug-likeness (QED) is 0.421. The fourth-order valence-electron chi connectivity index (χ4n) is 2.35. The Morgan fingerprint density at radius 2 is 2.00 bits per heavy atom. The van der Waals surface area contributed by atoms with Crippen molar-refractivity contribution in [3.05, 3.63) is 46.9 Å². The molecule has 0 saturated carbocycles. The number of halogens is 4. The van der Waals surface area contributed by atoms with Gasteiger partial charge in [-0.1, -0.05) is 25.1 Å². The molecule has 154 valence electrons. The van der Waals surface area contributed by atoms with E-state index in [1.54, 1.807) is 0 Å². The van der Waals surface area contributed by atoms with Gasteiger partial charge in [0.2, 0.25) is 5.89 Å². The molecule has 2 N–H and O–H groups in total. The van der Waals surface area contributed by atoms with Gasteiger partial charge in [0.15, 0.2) is 11.8 Å². The molecule has 0 aliphatic carbocycles. The van der Waals surface area contributed by atoms with Gasteiger partial charge < -0.3 is 15.2 Å². The van der Waals surface area contributed by atoms with Crippen LogP contribution in [0.4, 0.5) is 17.6 Å². The first-order chi connectivity index (χ1) is 13.2. The minimum absolute atomic E-state index is 0.107. The summed E-state index contributed by atoms with van der Waals surface area (Å²) in [6.07, 6.45) is -4.21. The van der Waals surface area contributed by atoms with E-state index in [4.69, 9.17) is 4.52 Å². The van der Waals surface area contributed by atoms with Crippen molar-refractivity contribution in [2.45, 2.75) is 45.8 Å². The molecule has 0 aliphatic heterocycles. The Morgan fingerprint density at radius 3 is 2.61 bits per heavy atom. The smallest absolute Gasteiger partial charge is 0.357 e. The normalized spacial score (nSPS) is 12.5. The Labute approximate surface area is 160 Å². The topological polar surface area (TPSA) is 75.3 Å². The molecule has 10 heteroatoms. The molecule has 0 atom stereocenters. The Morgan fingerprint density at radius 1 is 1.25 bits per heavy atom. The average molecular weight is 401 g/mol. The zero-order valence-electron chi connectivity index (χ0n) is 15.9. The lowest BCUT2D eigenvalue weighted by molar-refractivity contribution is -0.138. The summed E-state index contributed by atoms with van der Waals surface area (Å²) >= 11 is 0. The minimum atomic E-state index is -4.65. The van der Waals surface area contributed by atoms with Crippen LogP contribution in [0.3, 0.4) is 0 Å². The summed E-state index contributed by atoms with van der Waals surface area (Å²) in [5, 5.41) is 9.82. The molecule has 0 spiro atoms. The lowest BCUT2D eigenvalue weighted by Gasteiger charge is -2.13. The number of nitrogens with one attached hydrogen (secondary N) is 2. The number of hydrogen-bond donors (Lipinski definition) is 2. The van der Waals surface area contributed by atoms with Gasteiger partial charge in [-0.05, 0) is 24.6 Å². The molecule has 0 aliphatic rings. The van der Waals surface area contributed by atoms with Crippen molar-refractivity contribution in [2.75, 3.05) is 13.1 Å². The van der Waals surface area contributed by atoms with Crippen LogP contribution in [0.15, 0.2) is 27.7 Å². The van der Waals surface area contributed by atoms with Crippen molar-refractivity contribution in [2.24, 2.45) is 4.99 Å². The highest BCUT2D eigenvalue weighted by molar-refractivity contribution is 5.79. The van der Waals surface area contributed by atoms with Crippen molar-refractivity contribution < 1.29 is 22.1 Å². The predicted octanol–water partition coefficient (Wildman–Crippen LogP) is 3.65. The maximum absolute atomic E-state index is 13.2. The van der Waals surface area contributed by atoms with Gasteiger partial charge in [0.05, 0.1) is 12.1 Å². The summed E-state index contributed by atoms with van der Waals surface area (Å²) in [5.74, 6) is 0.633. The average Bonchev–Trinajstić information content (AvgIpc) is 3.09. The van der Waals surface area contributed by atoms with Gasteiger partial charge >= 0.3 is 6.18 Å². The number of aliphatic imine (C=N–C) groups is 1. The first kappa shape index (κ1) is 21.6. The molecule has 1 heterocycles. The number of nitrogens with zero attached hydrogens (tertiary/aromatic N) is 3. The largest absolute Gasteiger partial charge is 0.416 e. The van der Waals surface area contributed by atoms with Gasteiger partial charge in [0.1, 0.15) is 5.82 Å². The van der Waals surface area contributed by atoms with Crippen LogP contribution in [0.1, 0.15) is 49.5 Å². The number of hydrogen-bond acceptors (Lipinski definition) is 4. The molecule has 0 amide bonds. The van der Waals surface area contributed by atoms with Crippen LogP contribution in [0, 0.1) is 5.82 Å². The molecular formula is C18H23F4N5O. The standard InChI is InChI=1S/C18H23F4N5O/c1-4-23-17(24-8-7-15-26-16(11(2)3)27-28-15)25-10-12-5-6-13(19)9-14(12)18(20,21)22/h5-6,9,11H,4,7-8,10H2,1-3H3,(H2,23,24,25). The van der Waals surface area contributed by atoms with Crippen molar-refractivity contribution in [3.8, 4) is 0 Å². The second kappa shape index (κ2) is 9.52. The van der Waals surface area contributed by atoms with Crippen LogP contribution in [0.2, 0.25) is 0 Å². The van der Waals surface area contributed by atoms with E-state index in [9.17, 15) is 17.6 Å². The number of guanidine groups is 1. The lowest BCUT2D eigenvalue weighted by Crippen LogP contribution is -2.38. The highest BCUT2D eigenvalue weighted by Gasteiger charge is 2.33. The first-order valence-corrected chi connectivity index (χ1v) is 8.91. The highest BCUT2D eigenvalue weighted by Crippen LogP contribution is 2.32. The van der Waals surface area contributed by atoms with E-state index in [1.807, 2.05) is 20.8 Å². The molecule has 2 aromatic rings. The SMILES string of the molecule is CCNC(=NCc1ccc(F)cc1C(F)(F)F)NCCc1nc(C(C)C)no1. The summed E-state index contributed by atoms with van der Waals surface area (Å²) in [4.78, 5) is 8.41. The lowest BCUT2D eigenvalue weighted by atomic mass is 10.1. The van der Waals surface area contributed by atoms with Crippen LogP contribution in [0.25, 0.3) is 0 Å². The number of rotatable bonds is 7. The van der Waals surface area contributed by atoms with Gasteiger partial charge in [-0.2, -0.15) is 18.2 Å². The Kier molecular flexibility index (Phi) is 7.36. The van der Waals surface area contributed by atoms with Crippen LogP contribution in [0.5, 0.6) is 0 Å². The summed E-state index contributed by atoms with van der Waals surface area (Å²) in [7, 11) is 0. The number of alkyl halides is 3. The van der Waals surface area contributed by atoms with E-state index < -0.39 is 17.6 Å². The molecular weight excluding hydrogens is 378 g/mol. The number of benzene rings is 1. The fraction of sp³-hybridized carbons (Fsp3) is 0.500. The Balaban J connectivity index is 2.02. The monoisotopic (exact) mass is 401 g/mol. The van der Waals surface area contributed by atoms with E-state index >= 15 is 0 Å². The minimum Gasteiger partial charge on any atom is -0.357 e. The number of aromatic nitrogens is 2. The summed E-state index contributed by atoms with van der Waals surface area (Å²) in [6.45, 7) is 6.42. The summed E-state index contributed by atoms with van der Waals surface area (Å²) in [5.41, 5.74) is -1.14. The van der Waals surface area contributed by atoms with Gasteiger partial charge in [0.25, 0.3) is 0 Å². The van der Waals surface area contributed by atoms with Crippen molar-refractivity contribution in [1.82, 2.24) is 20.8 Å². The summed E-state index contributed by atoms with van der Waals surface area (Å²) < 4.78 is 57.6. The Bertz CT molecular complexity index is 802. The molecule has 0 radical (unpaired) electrons. The van der Waals surface area contributed by atoms with Crippen LogP contribution in [-0.4, -0.2) is 29.2 Å². The maximum Gasteiger partial charge on any atom is 0.416 e. The second-order valence-corrected chi connectivity index (χ2v) is 6.37. The van der Waals surface area contributed by atoms with E-state index in [2.05, 4.69) is 25.8 Å². The fourth-order valence-corrected chi connectivity index (χ4v) is 2.35.